The first-order chi connectivity index (χ1) is 33.7. The van der Waals surface area contributed by atoms with E-state index in [0.29, 0.717) is 0 Å². The Hall–Kier alpha value is -7.95. The number of aromatic nitrogens is 3. The molecule has 4 nitrogen and oxygen atoms in total. The number of hydrogen-bond donors (Lipinski definition) is 0. The van der Waals surface area contributed by atoms with Gasteiger partial charge in [0.15, 0.2) is 16.1 Å². The van der Waals surface area contributed by atoms with E-state index in [1.54, 1.807) is 0 Å². The fourth-order valence-electron chi connectivity index (χ4n) is 11.4. The lowest BCUT2D eigenvalue weighted by Crippen LogP contribution is -2.77. The topological polar surface area (TPSA) is 34.0 Å². The average Bonchev–Trinajstić information content (AvgIpc) is 3.97. The lowest BCUT2D eigenvalue weighted by molar-refractivity contribution is 0.959. The lowest BCUT2D eigenvalue weighted by atomic mass is 10.1. The van der Waals surface area contributed by atoms with Crippen molar-refractivity contribution < 1.29 is 0 Å². The van der Waals surface area contributed by atoms with Crippen LogP contribution in [0.15, 0.2) is 249 Å². The van der Waals surface area contributed by atoms with E-state index in [4.69, 9.17) is 9.97 Å². The third kappa shape index (κ3) is 5.96. The van der Waals surface area contributed by atoms with Crippen molar-refractivity contribution in [1.82, 2.24) is 14.5 Å². The molecule has 0 radical (unpaired) electrons. The van der Waals surface area contributed by atoms with Crippen molar-refractivity contribution in [1.29, 1.82) is 0 Å². The monoisotopic (exact) mass is 920 g/mol. The standard InChI is InChI=1S/C61H44N4SSi2/c1-64-53-35-16-15-34-52(53)63-60(64)43-21-18-31-49(41-43)67(45-23-6-2-7-24-45,46-25-8-3-9-26-46)50-32-19-22-44(42-50)65-59-56(39-38-55-58(59)51-33-14-17-36-54(51)66-55)68(47-27-10-4-11-28-47,48-29-12-5-13-30-48)57-37-20-40-62-61(57)65/h2-42H,1H3. The second-order valence-electron chi connectivity index (χ2n) is 17.7. The molecule has 0 saturated heterocycles. The van der Waals surface area contributed by atoms with E-state index in [2.05, 4.69) is 259 Å². The molecule has 7 heteroatoms. The molecule has 0 spiro atoms. The summed E-state index contributed by atoms with van der Waals surface area (Å²) >= 11 is 1.87. The van der Waals surface area contributed by atoms with Gasteiger partial charge in [-0.2, -0.15) is 0 Å². The van der Waals surface area contributed by atoms with E-state index in [-0.39, 0.29) is 0 Å². The first kappa shape index (κ1) is 40.3. The van der Waals surface area contributed by atoms with E-state index in [1.807, 2.05) is 17.5 Å². The van der Waals surface area contributed by atoms with Crippen LogP contribution in [0.2, 0.25) is 0 Å². The summed E-state index contributed by atoms with van der Waals surface area (Å²) in [7, 11) is -3.95. The Kier molecular flexibility index (Phi) is 9.57. The summed E-state index contributed by atoms with van der Waals surface area (Å²) in [5, 5.41) is 13.1. The van der Waals surface area contributed by atoms with Gasteiger partial charge in [-0.3, -0.25) is 4.90 Å². The minimum Gasteiger partial charge on any atom is -0.327 e. The van der Waals surface area contributed by atoms with Gasteiger partial charge >= 0.3 is 0 Å². The normalized spacial score (nSPS) is 13.2. The van der Waals surface area contributed by atoms with Crippen molar-refractivity contribution in [2.75, 3.05) is 4.90 Å². The summed E-state index contributed by atoms with van der Waals surface area (Å²) in [5.41, 5.74) is 5.51. The first-order valence-corrected chi connectivity index (χ1v) is 28.0. The lowest BCUT2D eigenvalue weighted by Gasteiger charge is -2.44. The molecule has 12 aromatic rings. The molecule has 0 N–H and O–H groups in total. The number of hydrogen-bond acceptors (Lipinski definition) is 4. The molecule has 4 heterocycles. The van der Waals surface area contributed by atoms with Gasteiger partial charge < -0.3 is 4.57 Å². The predicted molar refractivity (Wildman–Crippen MR) is 292 cm³/mol. The van der Waals surface area contributed by atoms with Crippen LogP contribution in [0.4, 0.5) is 17.2 Å². The summed E-state index contributed by atoms with van der Waals surface area (Å²) in [6, 6.07) is 90.4. The van der Waals surface area contributed by atoms with Gasteiger partial charge in [0.1, 0.15) is 11.6 Å². The third-order valence-corrected chi connectivity index (χ3v) is 24.9. The van der Waals surface area contributed by atoms with E-state index in [9.17, 15) is 0 Å². The summed E-state index contributed by atoms with van der Waals surface area (Å²) in [6.45, 7) is 0. The number of thiophene rings is 1. The Morgan fingerprint density at radius 3 is 1.79 bits per heavy atom. The zero-order valence-corrected chi connectivity index (χ0v) is 40.2. The van der Waals surface area contributed by atoms with Gasteiger partial charge in [0.2, 0.25) is 0 Å². The van der Waals surface area contributed by atoms with Crippen molar-refractivity contribution >= 4 is 117 Å². The van der Waals surface area contributed by atoms with Gasteiger partial charge in [-0.1, -0.05) is 200 Å². The fourth-order valence-corrected chi connectivity index (χ4v) is 22.4. The number of para-hydroxylation sites is 2. The molecule has 0 saturated carbocycles. The SMILES string of the molecule is Cn1c(-c2cccc([Si](c3ccccc3)(c3ccccc3)c3cccc(N4c5ncccc5[Si](c5ccccc5)(c5ccccc5)c5ccc6sc7ccccc7c6c54)c3)c2)nc2ccccc21. The molecule has 1 aliphatic heterocycles. The number of rotatable bonds is 8. The predicted octanol–water partition coefficient (Wildman–Crippen LogP) is 9.54. The van der Waals surface area contributed by atoms with E-state index in [0.717, 1.165) is 33.9 Å². The van der Waals surface area contributed by atoms with Gasteiger partial charge in [0.25, 0.3) is 0 Å². The number of fused-ring (bicyclic) bond motifs is 7. The molecule has 0 bridgehead atoms. The number of pyridine rings is 1. The van der Waals surface area contributed by atoms with Gasteiger partial charge in [-0.15, -0.1) is 11.3 Å². The van der Waals surface area contributed by atoms with Crippen LogP contribution in [0.5, 0.6) is 0 Å². The Labute approximate surface area is 401 Å². The Bertz CT molecular complexity index is 3750. The van der Waals surface area contributed by atoms with Crippen LogP contribution in [0, 0.1) is 0 Å². The van der Waals surface area contributed by atoms with Crippen molar-refractivity contribution in [3.05, 3.63) is 249 Å². The molecule has 3 aromatic heterocycles. The third-order valence-electron chi connectivity index (χ3n) is 14.3. The smallest absolute Gasteiger partial charge is 0.186 e. The van der Waals surface area contributed by atoms with Crippen LogP contribution in [0.1, 0.15) is 0 Å². The van der Waals surface area contributed by atoms with Crippen LogP contribution >= 0.6 is 11.3 Å². The Morgan fingerprint density at radius 1 is 0.485 bits per heavy atom. The Morgan fingerprint density at radius 2 is 1.09 bits per heavy atom. The summed E-state index contributed by atoms with van der Waals surface area (Å²) in [6.07, 6.45) is 1.99. The maximum absolute atomic E-state index is 5.50. The van der Waals surface area contributed by atoms with Crippen molar-refractivity contribution in [3.63, 3.8) is 0 Å². The molecule has 0 aliphatic carbocycles. The minimum absolute atomic E-state index is 0.954. The van der Waals surface area contributed by atoms with Gasteiger partial charge in [-0.05, 0) is 84.0 Å². The molecule has 13 rings (SSSR count). The molecule has 0 atom stereocenters. The summed E-state index contributed by atoms with van der Waals surface area (Å²) < 4.78 is 4.78. The molecule has 9 aromatic carbocycles. The van der Waals surface area contributed by atoms with Crippen LogP contribution in [0.3, 0.4) is 0 Å². The second kappa shape index (κ2) is 16.1. The number of imidazole rings is 1. The zero-order valence-electron chi connectivity index (χ0n) is 37.4. The highest BCUT2D eigenvalue weighted by Crippen LogP contribution is 2.46. The highest BCUT2D eigenvalue weighted by atomic mass is 32.1. The van der Waals surface area contributed by atoms with E-state index in [1.165, 1.54) is 67.4 Å². The van der Waals surface area contributed by atoms with Crippen molar-refractivity contribution in [2.24, 2.45) is 7.05 Å². The fraction of sp³-hybridized carbons (Fsp3) is 0.0164. The van der Waals surface area contributed by atoms with Crippen LogP contribution in [-0.2, 0) is 7.05 Å². The molecule has 0 amide bonds. The highest BCUT2D eigenvalue weighted by molar-refractivity contribution is 7.26. The molecular weight excluding hydrogens is 877 g/mol. The van der Waals surface area contributed by atoms with Gasteiger partial charge in [0.05, 0.1) is 16.7 Å². The molecule has 68 heavy (non-hydrogen) atoms. The first-order valence-electron chi connectivity index (χ1n) is 23.2. The highest BCUT2D eigenvalue weighted by Gasteiger charge is 2.51. The number of anilines is 3. The van der Waals surface area contributed by atoms with Crippen LogP contribution < -0.4 is 46.4 Å². The van der Waals surface area contributed by atoms with Gasteiger partial charge in [0, 0.05) is 44.7 Å². The number of benzene rings is 9. The molecule has 0 unspecified atom stereocenters. The second-order valence-corrected chi connectivity index (χ2v) is 26.3. The van der Waals surface area contributed by atoms with Crippen molar-refractivity contribution in [3.8, 4) is 11.4 Å². The maximum Gasteiger partial charge on any atom is 0.186 e. The van der Waals surface area contributed by atoms with Crippen LogP contribution in [0.25, 0.3) is 42.6 Å². The molecule has 1 aliphatic rings. The Balaban J connectivity index is 1.13. The molecule has 322 valence electrons. The average molecular weight is 921 g/mol. The summed E-state index contributed by atoms with van der Waals surface area (Å²) in [4.78, 5) is 13.2. The van der Waals surface area contributed by atoms with E-state index < -0.39 is 16.1 Å². The zero-order chi connectivity index (χ0) is 45.2. The summed E-state index contributed by atoms with van der Waals surface area (Å²) in [5.74, 6) is 1.93. The quantitative estimate of drug-likeness (QED) is 0.113. The van der Waals surface area contributed by atoms with Crippen LogP contribution in [-0.4, -0.2) is 30.7 Å². The largest absolute Gasteiger partial charge is 0.327 e. The van der Waals surface area contributed by atoms with E-state index >= 15 is 0 Å². The van der Waals surface area contributed by atoms with Crippen molar-refractivity contribution in [2.45, 2.75) is 0 Å². The minimum atomic E-state index is -3.09. The molecule has 0 fully saturated rings. The van der Waals surface area contributed by atoms with Gasteiger partial charge in [-0.25, -0.2) is 9.97 Å². The maximum atomic E-state index is 5.50. The number of aryl methyl sites for hydroxylation is 1. The molecular formula is C61H44N4SSi2. The number of nitrogens with zero attached hydrogens (tertiary/aromatic N) is 4.